The van der Waals surface area contributed by atoms with Gasteiger partial charge in [-0.1, -0.05) is 26.0 Å². The Balaban J connectivity index is 1.54. The molecule has 1 heterocycles. The number of rotatable bonds is 4. The zero-order valence-corrected chi connectivity index (χ0v) is 14.6. The van der Waals surface area contributed by atoms with Gasteiger partial charge in [0.05, 0.1) is 5.92 Å². The summed E-state index contributed by atoms with van der Waals surface area (Å²) in [6.45, 7) is 4.71. The molecule has 0 unspecified atom stereocenters. The molecule has 0 radical (unpaired) electrons. The van der Waals surface area contributed by atoms with E-state index < -0.39 is 17.5 Å². The lowest BCUT2D eigenvalue weighted by Gasteiger charge is -2.38. The van der Waals surface area contributed by atoms with Crippen molar-refractivity contribution in [3.8, 4) is 0 Å². The molecule has 136 valence electrons. The third-order valence-electron chi connectivity index (χ3n) is 4.55. The fourth-order valence-electron chi connectivity index (χ4n) is 2.82. The van der Waals surface area contributed by atoms with Gasteiger partial charge in [0.2, 0.25) is 5.91 Å². The van der Waals surface area contributed by atoms with E-state index in [0.29, 0.717) is 11.6 Å². The van der Waals surface area contributed by atoms with E-state index in [9.17, 15) is 18.4 Å². The van der Waals surface area contributed by atoms with Crippen LogP contribution in [-0.2, 0) is 4.79 Å². The van der Waals surface area contributed by atoms with Crippen LogP contribution in [0.15, 0.2) is 42.5 Å². The highest BCUT2D eigenvalue weighted by molar-refractivity contribution is 5.98. The lowest BCUT2D eigenvalue weighted by atomic mass is 9.97. The van der Waals surface area contributed by atoms with Crippen molar-refractivity contribution >= 4 is 17.5 Å². The van der Waals surface area contributed by atoms with Crippen molar-refractivity contribution in [1.82, 2.24) is 4.90 Å². The van der Waals surface area contributed by atoms with Gasteiger partial charge in [-0.05, 0) is 41.8 Å². The average molecular weight is 358 g/mol. The Labute approximate surface area is 150 Å². The van der Waals surface area contributed by atoms with Crippen molar-refractivity contribution in [2.24, 2.45) is 5.92 Å². The molecule has 4 nitrogen and oxygen atoms in total. The van der Waals surface area contributed by atoms with Crippen molar-refractivity contribution in [2.75, 3.05) is 18.4 Å². The van der Waals surface area contributed by atoms with Gasteiger partial charge in [0.25, 0.3) is 5.91 Å². The van der Waals surface area contributed by atoms with Crippen LogP contribution in [-0.4, -0.2) is 29.8 Å². The first-order valence-electron chi connectivity index (χ1n) is 8.50. The van der Waals surface area contributed by atoms with Crippen LogP contribution in [0.1, 0.15) is 35.7 Å². The molecule has 0 spiro atoms. The molecule has 1 N–H and O–H groups in total. The highest BCUT2D eigenvalue weighted by Gasteiger charge is 2.36. The molecule has 1 saturated heterocycles. The number of hydrogen-bond donors (Lipinski definition) is 1. The number of amides is 2. The van der Waals surface area contributed by atoms with Crippen molar-refractivity contribution in [3.05, 3.63) is 65.2 Å². The van der Waals surface area contributed by atoms with Gasteiger partial charge >= 0.3 is 0 Å². The van der Waals surface area contributed by atoms with Crippen LogP contribution in [0.2, 0.25) is 0 Å². The summed E-state index contributed by atoms with van der Waals surface area (Å²) in [6.07, 6.45) is 0. The topological polar surface area (TPSA) is 49.4 Å². The highest BCUT2D eigenvalue weighted by Crippen LogP contribution is 2.22. The number of halogens is 2. The Morgan fingerprint density at radius 3 is 2.27 bits per heavy atom. The molecular weight excluding hydrogens is 338 g/mol. The second kappa shape index (κ2) is 7.23. The fraction of sp³-hybridized carbons (Fsp3) is 0.300. The Hall–Kier alpha value is -2.76. The first kappa shape index (κ1) is 18.0. The number of nitrogens with one attached hydrogen (secondary N) is 1. The summed E-state index contributed by atoms with van der Waals surface area (Å²) in [5, 5.41) is 2.84. The van der Waals surface area contributed by atoms with Crippen LogP contribution in [0, 0.1) is 17.6 Å². The van der Waals surface area contributed by atoms with Crippen molar-refractivity contribution in [3.63, 3.8) is 0 Å². The van der Waals surface area contributed by atoms with Gasteiger partial charge in [-0.15, -0.1) is 0 Å². The summed E-state index contributed by atoms with van der Waals surface area (Å²) in [6, 6.07) is 10.7. The molecule has 0 atom stereocenters. The van der Waals surface area contributed by atoms with Crippen LogP contribution < -0.4 is 5.32 Å². The zero-order chi connectivity index (χ0) is 18.8. The standard InChI is InChI=1S/C20H20F2N2O2/c1-12(2)13-3-6-16(7-4-13)23-19(25)15-10-24(11-15)20(26)14-5-8-17(21)18(22)9-14/h3-9,12,15H,10-11H2,1-2H3,(H,23,25). The summed E-state index contributed by atoms with van der Waals surface area (Å²) in [7, 11) is 0. The molecule has 2 aromatic rings. The van der Waals surface area contributed by atoms with E-state index >= 15 is 0 Å². The molecule has 0 bridgehead atoms. The van der Waals surface area contributed by atoms with E-state index in [4.69, 9.17) is 0 Å². The van der Waals surface area contributed by atoms with Crippen LogP contribution in [0.4, 0.5) is 14.5 Å². The average Bonchev–Trinajstić information content (AvgIpc) is 2.56. The second-order valence-electron chi connectivity index (χ2n) is 6.80. The Bertz CT molecular complexity index is 828. The summed E-state index contributed by atoms with van der Waals surface area (Å²) in [4.78, 5) is 25.9. The smallest absolute Gasteiger partial charge is 0.254 e. The maximum atomic E-state index is 13.2. The Morgan fingerprint density at radius 2 is 1.69 bits per heavy atom. The number of hydrogen-bond acceptors (Lipinski definition) is 2. The molecule has 2 amide bonds. The Kier molecular flexibility index (Phi) is 5.02. The van der Waals surface area contributed by atoms with Gasteiger partial charge in [-0.3, -0.25) is 9.59 Å². The molecule has 1 fully saturated rings. The molecule has 2 aromatic carbocycles. The van der Waals surface area contributed by atoms with E-state index in [1.165, 1.54) is 16.5 Å². The first-order valence-corrected chi connectivity index (χ1v) is 8.50. The third kappa shape index (κ3) is 3.74. The molecule has 26 heavy (non-hydrogen) atoms. The molecule has 1 aliphatic rings. The molecule has 0 aromatic heterocycles. The van der Waals surface area contributed by atoms with E-state index in [0.717, 1.165) is 12.1 Å². The second-order valence-corrected chi connectivity index (χ2v) is 6.80. The van der Waals surface area contributed by atoms with Gasteiger partial charge in [0, 0.05) is 24.3 Å². The van der Waals surface area contributed by atoms with Crippen molar-refractivity contribution < 1.29 is 18.4 Å². The molecule has 3 rings (SSSR count). The van der Waals surface area contributed by atoms with Gasteiger partial charge in [0.1, 0.15) is 0 Å². The molecule has 0 aliphatic carbocycles. The maximum Gasteiger partial charge on any atom is 0.254 e. The Morgan fingerprint density at radius 1 is 1.04 bits per heavy atom. The predicted molar refractivity (Wildman–Crippen MR) is 94.9 cm³/mol. The van der Waals surface area contributed by atoms with E-state index in [2.05, 4.69) is 19.2 Å². The number of carbonyl (C=O) groups is 2. The van der Waals surface area contributed by atoms with Crippen LogP contribution in [0.25, 0.3) is 0 Å². The number of likely N-dealkylation sites (tertiary alicyclic amines) is 1. The summed E-state index contributed by atoms with van der Waals surface area (Å²) in [5.41, 5.74) is 1.98. The van der Waals surface area contributed by atoms with Crippen molar-refractivity contribution in [2.45, 2.75) is 19.8 Å². The molecular formula is C20H20F2N2O2. The molecule has 0 saturated carbocycles. The quantitative estimate of drug-likeness (QED) is 0.904. The minimum atomic E-state index is -1.06. The summed E-state index contributed by atoms with van der Waals surface area (Å²) < 4.78 is 26.2. The predicted octanol–water partition coefficient (Wildman–Crippen LogP) is 3.80. The maximum absolute atomic E-state index is 13.2. The van der Waals surface area contributed by atoms with E-state index in [-0.39, 0.29) is 30.5 Å². The summed E-state index contributed by atoms with van der Waals surface area (Å²) >= 11 is 0. The minimum absolute atomic E-state index is 0.0760. The SMILES string of the molecule is CC(C)c1ccc(NC(=O)C2CN(C(=O)c3ccc(F)c(F)c3)C2)cc1. The zero-order valence-electron chi connectivity index (χ0n) is 14.6. The number of carbonyl (C=O) groups excluding carboxylic acids is 2. The summed E-state index contributed by atoms with van der Waals surface area (Å²) in [5.74, 6) is -2.51. The highest BCUT2D eigenvalue weighted by atomic mass is 19.2. The number of benzene rings is 2. The van der Waals surface area contributed by atoms with Gasteiger partial charge in [-0.25, -0.2) is 8.78 Å². The van der Waals surface area contributed by atoms with Gasteiger partial charge in [-0.2, -0.15) is 0 Å². The first-order chi connectivity index (χ1) is 12.3. The third-order valence-corrected chi connectivity index (χ3v) is 4.55. The van der Waals surface area contributed by atoms with Crippen molar-refractivity contribution in [1.29, 1.82) is 0 Å². The number of nitrogens with zero attached hydrogens (tertiary/aromatic N) is 1. The lowest BCUT2D eigenvalue weighted by Crippen LogP contribution is -2.54. The van der Waals surface area contributed by atoms with Gasteiger partial charge in [0.15, 0.2) is 11.6 Å². The largest absolute Gasteiger partial charge is 0.337 e. The van der Waals surface area contributed by atoms with E-state index in [1.54, 1.807) is 0 Å². The monoisotopic (exact) mass is 358 g/mol. The van der Waals surface area contributed by atoms with Crippen LogP contribution in [0.5, 0.6) is 0 Å². The van der Waals surface area contributed by atoms with E-state index in [1.807, 2.05) is 24.3 Å². The van der Waals surface area contributed by atoms with Crippen LogP contribution >= 0.6 is 0 Å². The fourth-order valence-corrected chi connectivity index (χ4v) is 2.82. The minimum Gasteiger partial charge on any atom is -0.337 e. The normalized spacial score (nSPS) is 14.3. The number of anilines is 1. The molecule has 1 aliphatic heterocycles. The van der Waals surface area contributed by atoms with Gasteiger partial charge < -0.3 is 10.2 Å². The van der Waals surface area contributed by atoms with Crippen LogP contribution in [0.3, 0.4) is 0 Å². The molecule has 6 heteroatoms. The lowest BCUT2D eigenvalue weighted by molar-refractivity contribution is -0.123.